The average molecular weight is 283 g/mol. The first-order valence-electron chi connectivity index (χ1n) is 5.50. The maximum Gasteiger partial charge on any atom is 0.240 e. The fourth-order valence-corrected chi connectivity index (χ4v) is 2.50. The minimum Gasteiger partial charge on any atom is -0.392 e. The predicted molar refractivity (Wildman–Crippen MR) is 66.5 cm³/mol. The van der Waals surface area contributed by atoms with Gasteiger partial charge in [0.2, 0.25) is 15.8 Å². The van der Waals surface area contributed by atoms with Gasteiger partial charge in [0.15, 0.2) is 0 Å². The van der Waals surface area contributed by atoms with Gasteiger partial charge in [0, 0.05) is 12.1 Å². The number of nitrogens with one attached hydrogen (secondary N) is 2. The van der Waals surface area contributed by atoms with Gasteiger partial charge in [0.1, 0.15) is 0 Å². The summed E-state index contributed by atoms with van der Waals surface area (Å²) in [4.78, 5) is 0.111. The van der Waals surface area contributed by atoms with Gasteiger partial charge in [0.25, 0.3) is 0 Å². The van der Waals surface area contributed by atoms with E-state index in [1.165, 1.54) is 19.1 Å². The van der Waals surface area contributed by atoms with Gasteiger partial charge >= 0.3 is 0 Å². The molecule has 19 heavy (non-hydrogen) atoms. The molecule has 0 saturated carbocycles. The van der Waals surface area contributed by atoms with Gasteiger partial charge in [-0.1, -0.05) is 0 Å². The summed E-state index contributed by atoms with van der Waals surface area (Å²) in [5, 5.41) is 22.4. The molecule has 8 nitrogen and oxygen atoms in total. The topological polar surface area (TPSA) is 121 Å². The molecule has 0 unspecified atom stereocenters. The Morgan fingerprint density at radius 2 is 2.05 bits per heavy atom. The highest BCUT2D eigenvalue weighted by molar-refractivity contribution is 7.89. The van der Waals surface area contributed by atoms with E-state index in [1.54, 1.807) is 12.1 Å². The van der Waals surface area contributed by atoms with E-state index in [-0.39, 0.29) is 11.4 Å². The molecule has 0 radical (unpaired) electrons. The molecule has 9 heteroatoms. The highest BCUT2D eigenvalue weighted by Gasteiger charge is 2.14. The molecule has 0 amide bonds. The third-order valence-electron chi connectivity index (χ3n) is 2.34. The molecule has 0 fully saturated rings. The Hall–Kier alpha value is -1.84. The standard InChI is InChI=1S/C10H13N5O3S/c1-7(16)6-11-19(17,18)9-4-2-8(3-5-9)10-12-14-15-13-10/h2-5,7,11,16H,6H2,1H3,(H,12,13,14,15)/t7-/m1/s1. The summed E-state index contributed by atoms with van der Waals surface area (Å²) < 4.78 is 26.0. The normalized spacial score (nSPS) is 13.4. The second kappa shape index (κ2) is 5.43. The zero-order valence-corrected chi connectivity index (χ0v) is 10.9. The van der Waals surface area contributed by atoms with E-state index in [0.29, 0.717) is 11.4 Å². The first-order valence-corrected chi connectivity index (χ1v) is 6.99. The minimum atomic E-state index is -3.62. The van der Waals surface area contributed by atoms with E-state index >= 15 is 0 Å². The zero-order chi connectivity index (χ0) is 13.9. The number of rotatable bonds is 5. The monoisotopic (exact) mass is 283 g/mol. The number of aliphatic hydroxyl groups excluding tert-OH is 1. The molecule has 0 spiro atoms. The number of tetrazole rings is 1. The van der Waals surface area contributed by atoms with E-state index in [2.05, 4.69) is 25.3 Å². The maximum atomic E-state index is 11.9. The van der Waals surface area contributed by atoms with Crippen LogP contribution in [0.2, 0.25) is 0 Å². The molecule has 0 bridgehead atoms. The number of sulfonamides is 1. The van der Waals surface area contributed by atoms with Crippen molar-refractivity contribution in [2.24, 2.45) is 0 Å². The number of hydrogen-bond donors (Lipinski definition) is 3. The number of aromatic amines is 1. The van der Waals surface area contributed by atoms with Crippen LogP contribution in [0.1, 0.15) is 6.92 Å². The summed E-state index contributed by atoms with van der Waals surface area (Å²) in [6, 6.07) is 6.05. The van der Waals surface area contributed by atoms with Crippen LogP contribution >= 0.6 is 0 Å². The van der Waals surface area contributed by atoms with E-state index < -0.39 is 16.1 Å². The first-order chi connectivity index (χ1) is 8.99. The second-order valence-corrected chi connectivity index (χ2v) is 5.73. The van der Waals surface area contributed by atoms with Crippen LogP contribution in [0.3, 0.4) is 0 Å². The van der Waals surface area contributed by atoms with Crippen LogP contribution in [0.25, 0.3) is 11.4 Å². The summed E-state index contributed by atoms with van der Waals surface area (Å²) in [7, 11) is -3.62. The van der Waals surface area contributed by atoms with Crippen LogP contribution in [0.15, 0.2) is 29.2 Å². The van der Waals surface area contributed by atoms with Crippen LogP contribution in [0.4, 0.5) is 0 Å². The molecular weight excluding hydrogens is 270 g/mol. The van der Waals surface area contributed by atoms with Crippen LogP contribution in [-0.4, -0.2) is 46.8 Å². The van der Waals surface area contributed by atoms with Gasteiger partial charge in [-0.05, 0) is 36.4 Å². The van der Waals surface area contributed by atoms with Gasteiger partial charge in [-0.25, -0.2) is 13.1 Å². The van der Waals surface area contributed by atoms with Gasteiger partial charge in [0.05, 0.1) is 11.0 Å². The largest absolute Gasteiger partial charge is 0.392 e. The van der Waals surface area contributed by atoms with Crippen molar-refractivity contribution in [1.82, 2.24) is 25.3 Å². The van der Waals surface area contributed by atoms with Crippen LogP contribution < -0.4 is 4.72 Å². The number of hydrogen-bond acceptors (Lipinski definition) is 6. The molecule has 3 N–H and O–H groups in total. The van der Waals surface area contributed by atoms with Crippen molar-refractivity contribution >= 4 is 10.0 Å². The number of aliphatic hydroxyl groups is 1. The summed E-state index contributed by atoms with van der Waals surface area (Å²) in [6.07, 6.45) is -0.742. The van der Waals surface area contributed by atoms with E-state index in [0.717, 1.165) is 0 Å². The second-order valence-electron chi connectivity index (χ2n) is 3.96. The summed E-state index contributed by atoms with van der Waals surface area (Å²) in [5.74, 6) is 0.390. The van der Waals surface area contributed by atoms with E-state index in [9.17, 15) is 8.42 Å². The Labute approximate surface area is 109 Å². The number of H-pyrrole nitrogens is 1. The maximum absolute atomic E-state index is 11.9. The SMILES string of the molecule is C[C@@H](O)CNS(=O)(=O)c1ccc(-c2nn[nH]n2)cc1. The lowest BCUT2D eigenvalue weighted by molar-refractivity contribution is 0.198. The molecule has 2 rings (SSSR count). The quantitative estimate of drug-likeness (QED) is 0.682. The number of benzene rings is 1. The predicted octanol–water partition coefficient (Wildman–Crippen LogP) is -0.474. The molecule has 0 aliphatic carbocycles. The Morgan fingerprint density at radius 1 is 1.37 bits per heavy atom. The Kier molecular flexibility index (Phi) is 3.88. The van der Waals surface area contributed by atoms with Crippen molar-refractivity contribution in [3.8, 4) is 11.4 Å². The number of nitrogens with zero attached hydrogens (tertiary/aromatic N) is 3. The highest BCUT2D eigenvalue weighted by atomic mass is 32.2. The molecule has 1 aromatic carbocycles. The number of aromatic nitrogens is 4. The Balaban J connectivity index is 2.18. The minimum absolute atomic E-state index is 0.0328. The van der Waals surface area contributed by atoms with Gasteiger partial charge in [-0.3, -0.25) is 0 Å². The summed E-state index contributed by atoms with van der Waals surface area (Å²) in [6.45, 7) is 1.47. The van der Waals surface area contributed by atoms with E-state index in [1.807, 2.05) is 0 Å². The Bertz CT molecular complexity index is 622. The first kappa shape index (κ1) is 13.6. The lowest BCUT2D eigenvalue weighted by Crippen LogP contribution is -2.30. The Morgan fingerprint density at radius 3 is 2.58 bits per heavy atom. The lowest BCUT2D eigenvalue weighted by Gasteiger charge is -2.08. The molecule has 2 aromatic rings. The molecule has 1 aromatic heterocycles. The molecule has 0 saturated heterocycles. The van der Waals surface area contributed by atoms with Crippen molar-refractivity contribution < 1.29 is 13.5 Å². The smallest absolute Gasteiger partial charge is 0.240 e. The van der Waals surface area contributed by atoms with E-state index in [4.69, 9.17) is 5.11 Å². The summed E-state index contributed by atoms with van der Waals surface area (Å²) >= 11 is 0. The van der Waals surface area contributed by atoms with Crippen molar-refractivity contribution in [2.75, 3.05) is 6.54 Å². The average Bonchev–Trinajstić information content (AvgIpc) is 2.91. The fraction of sp³-hybridized carbons (Fsp3) is 0.300. The molecule has 1 atom stereocenters. The zero-order valence-electron chi connectivity index (χ0n) is 10.1. The molecular formula is C10H13N5O3S. The van der Waals surface area contributed by atoms with Gasteiger partial charge in [-0.2, -0.15) is 5.21 Å². The molecule has 102 valence electrons. The van der Waals surface area contributed by atoms with Crippen molar-refractivity contribution in [3.63, 3.8) is 0 Å². The van der Waals surface area contributed by atoms with Crippen LogP contribution in [-0.2, 0) is 10.0 Å². The molecule has 1 heterocycles. The van der Waals surface area contributed by atoms with Gasteiger partial charge in [-0.15, -0.1) is 10.2 Å². The van der Waals surface area contributed by atoms with Crippen LogP contribution in [0.5, 0.6) is 0 Å². The van der Waals surface area contributed by atoms with Crippen molar-refractivity contribution in [2.45, 2.75) is 17.9 Å². The fourth-order valence-electron chi connectivity index (χ4n) is 1.38. The van der Waals surface area contributed by atoms with Gasteiger partial charge < -0.3 is 5.11 Å². The van der Waals surface area contributed by atoms with Crippen molar-refractivity contribution in [3.05, 3.63) is 24.3 Å². The molecule has 0 aliphatic rings. The highest BCUT2D eigenvalue weighted by Crippen LogP contribution is 2.16. The summed E-state index contributed by atoms with van der Waals surface area (Å²) in [5.41, 5.74) is 0.656. The third kappa shape index (κ3) is 3.34. The van der Waals surface area contributed by atoms with Crippen LogP contribution in [0, 0.1) is 0 Å². The van der Waals surface area contributed by atoms with Crippen molar-refractivity contribution in [1.29, 1.82) is 0 Å². The third-order valence-corrected chi connectivity index (χ3v) is 3.78. The lowest BCUT2D eigenvalue weighted by atomic mass is 10.2. The molecule has 0 aliphatic heterocycles.